The highest BCUT2D eigenvalue weighted by Gasteiger charge is 2.34. The van der Waals surface area contributed by atoms with Crippen LogP contribution in [-0.4, -0.2) is 159 Å². The van der Waals surface area contributed by atoms with Crippen LogP contribution in [0.1, 0.15) is 63.1 Å². The summed E-state index contributed by atoms with van der Waals surface area (Å²) in [4.78, 5) is 126. The summed E-state index contributed by atoms with van der Waals surface area (Å²) in [6, 6.07) is 21.3. The summed E-state index contributed by atoms with van der Waals surface area (Å²) in [5.41, 5.74) is 20.9. The van der Waals surface area contributed by atoms with Crippen molar-refractivity contribution >= 4 is 87.5 Å². The topological polar surface area (TPSA) is 425 Å². The number of imide groups is 1. The third-order valence-electron chi connectivity index (χ3n) is 12.4. The molecule has 1 aromatic heterocycles. The molecule has 0 aliphatic carbocycles. The molecule has 17 N–H and O–H groups in total. The fourth-order valence-electron chi connectivity index (χ4n) is 7.98. The molecule has 0 saturated heterocycles. The molecule has 0 spiro atoms. The van der Waals surface area contributed by atoms with Crippen LogP contribution in [0.2, 0.25) is 0 Å². The predicted octanol–water partition coefficient (Wildman–Crippen LogP) is -0.374. The van der Waals surface area contributed by atoms with Crippen LogP contribution in [-0.2, 0) is 62.4 Å². The Hall–Kier alpha value is -8.75. The van der Waals surface area contributed by atoms with E-state index in [9.17, 15) is 38.4 Å². The normalized spacial score (nSPS) is 15.3. The lowest BCUT2D eigenvalue weighted by molar-refractivity contribution is -0.145. The number of aromatic nitrogens is 1. The summed E-state index contributed by atoms with van der Waals surface area (Å²) in [6.07, 6.45) is 4.41. The summed E-state index contributed by atoms with van der Waals surface area (Å²) in [7, 11) is 0. The Morgan fingerprint density at radius 1 is 0.630 bits per heavy atom. The van der Waals surface area contributed by atoms with Crippen molar-refractivity contribution in [3.05, 3.63) is 120 Å². The Bertz CT molecular complexity index is 2990. The highest BCUT2D eigenvalue weighted by atomic mass is 16.4. The van der Waals surface area contributed by atoms with E-state index in [1.54, 1.807) is 36.5 Å². The summed E-state index contributed by atoms with van der Waals surface area (Å²) in [5, 5.41) is 49.6. The lowest BCUT2D eigenvalue weighted by atomic mass is 10.0. The van der Waals surface area contributed by atoms with Crippen molar-refractivity contribution in [3.8, 4) is 0 Å². The zero-order valence-corrected chi connectivity index (χ0v) is 45.1. The minimum Gasteiger partial charge on any atom is -0.480 e. The number of rotatable bonds is 26. The Labute approximate surface area is 467 Å². The molecule has 0 saturated carbocycles. The average Bonchev–Trinajstić information content (AvgIpc) is 4.14. The van der Waals surface area contributed by atoms with Crippen LogP contribution < -0.4 is 49.1 Å². The first-order chi connectivity index (χ1) is 38.6. The Morgan fingerprint density at radius 3 is 1.83 bits per heavy atom. The molecule has 1 aliphatic heterocycles. The molecule has 0 bridgehead atoms. The smallest absolute Gasteiger partial charge is 0.332 e. The second-order valence-electron chi connectivity index (χ2n) is 19.1. The number of hydrogen-bond donors (Lipinski definition) is 14. The molecule has 7 amide bonds. The first-order valence-electron chi connectivity index (χ1n) is 26.0. The number of benzene rings is 4. The van der Waals surface area contributed by atoms with Crippen molar-refractivity contribution in [3.63, 3.8) is 0 Å². The van der Waals surface area contributed by atoms with Crippen LogP contribution in [0.4, 0.5) is 0 Å². The maximum atomic E-state index is 14.6. The molecule has 5 aromatic rings. The molecule has 0 radical (unpaired) electrons. The standard InChI is InChI=1S/C51H62N12O7.C3H6O3.C2H4O3/c1-30(53)45(64)60-44(26-37-28-55-29-57-37)51(70)63-48(67)41(18-10-11-21-52)59-49(68)42(24-32-12-4-3-5-13-32)62-50(69)43(25-36-27-56-40-17-9-8-16-38(36)40)61-46(65)31(2)58-47(66)39(54)23-33-19-20-34-14-6-7-15-35(34)22-33;1-2(4)3(5)6;3-1-2(4)5/h3-9,12-17,19-20,22,27-31,37,39,41-44,56H,10-11,18,21,23-26,52-54H2,1-2H3,(H,58,66)(H,59,68)(H,60,64)(H,61,65)(H,62,69)(H,63,67,70);2,4H,1H3,(H,5,6);3H,1H2,(H,4,5)/t30-,31-,37?,39+,41-,42+,43-,44-;;/m0../s1. The molecule has 81 heavy (non-hydrogen) atoms. The minimum atomic E-state index is -1.30. The van der Waals surface area contributed by atoms with Gasteiger partial charge in [-0.1, -0.05) is 91.0 Å². The van der Waals surface area contributed by atoms with Gasteiger partial charge in [-0.2, -0.15) is 0 Å². The molecule has 9 atom stereocenters. The van der Waals surface area contributed by atoms with Crippen LogP contribution >= 0.6 is 0 Å². The van der Waals surface area contributed by atoms with E-state index in [0.29, 0.717) is 30.5 Å². The van der Waals surface area contributed by atoms with Crippen LogP contribution in [0.25, 0.3) is 21.7 Å². The second-order valence-corrected chi connectivity index (χ2v) is 19.1. The number of carbonyl (C=O) groups excluding carboxylic acids is 7. The van der Waals surface area contributed by atoms with E-state index < -0.39 is 114 Å². The monoisotopic (exact) mass is 1120 g/mol. The molecule has 2 heterocycles. The second kappa shape index (κ2) is 33.0. The fraction of sp³-hybridized carbons (Fsp3) is 0.375. The summed E-state index contributed by atoms with van der Waals surface area (Å²) in [5.74, 6) is -7.45. The number of fused-ring (bicyclic) bond motifs is 2. The quantitative estimate of drug-likeness (QED) is 0.0314. The van der Waals surface area contributed by atoms with Gasteiger partial charge in [0.15, 0.2) is 0 Å². The lowest BCUT2D eigenvalue weighted by Crippen LogP contribution is -2.60. The van der Waals surface area contributed by atoms with Crippen LogP contribution in [0.3, 0.4) is 0 Å². The van der Waals surface area contributed by atoms with E-state index in [-0.39, 0.29) is 32.1 Å². The summed E-state index contributed by atoms with van der Waals surface area (Å²) < 4.78 is 0. The molecule has 434 valence electrons. The number of aliphatic imine (C=N–C) groups is 2. The number of nitrogens with zero attached hydrogens (tertiary/aromatic N) is 2. The van der Waals surface area contributed by atoms with Gasteiger partial charge in [-0.3, -0.25) is 43.9 Å². The van der Waals surface area contributed by atoms with E-state index in [0.717, 1.165) is 27.2 Å². The number of amides is 7. The van der Waals surface area contributed by atoms with Crippen LogP contribution in [0, 0.1) is 0 Å². The number of unbranched alkanes of at least 4 members (excludes halogenated alkanes) is 1. The van der Waals surface area contributed by atoms with Crippen LogP contribution in [0.15, 0.2) is 113 Å². The van der Waals surface area contributed by atoms with Gasteiger partial charge in [0.05, 0.1) is 18.1 Å². The van der Waals surface area contributed by atoms with Gasteiger partial charge >= 0.3 is 11.9 Å². The molecular formula is C56H72N12O13. The molecule has 25 heteroatoms. The maximum Gasteiger partial charge on any atom is 0.332 e. The van der Waals surface area contributed by atoms with Gasteiger partial charge < -0.3 is 69.2 Å². The van der Waals surface area contributed by atoms with Crippen molar-refractivity contribution in [1.82, 2.24) is 36.9 Å². The van der Waals surface area contributed by atoms with Crippen molar-refractivity contribution in [2.75, 3.05) is 13.2 Å². The summed E-state index contributed by atoms with van der Waals surface area (Å²) in [6.45, 7) is 3.65. The van der Waals surface area contributed by atoms with Gasteiger partial charge in [0, 0.05) is 42.6 Å². The van der Waals surface area contributed by atoms with E-state index in [1.165, 1.54) is 33.3 Å². The number of nitrogens with one attached hydrogen (secondary N) is 7. The Balaban J connectivity index is 0.00000117. The van der Waals surface area contributed by atoms with E-state index in [2.05, 4.69) is 46.9 Å². The lowest BCUT2D eigenvalue weighted by Gasteiger charge is -2.27. The number of para-hydroxylation sites is 1. The third kappa shape index (κ3) is 21.8. The molecule has 6 rings (SSSR count). The first-order valence-corrected chi connectivity index (χ1v) is 26.0. The number of carboxylic acids is 2. The molecule has 4 aromatic carbocycles. The van der Waals surface area contributed by atoms with Crippen molar-refractivity contribution in [2.24, 2.45) is 27.2 Å². The van der Waals surface area contributed by atoms with Crippen molar-refractivity contribution in [1.29, 1.82) is 0 Å². The van der Waals surface area contributed by atoms with Gasteiger partial charge in [0.1, 0.15) is 49.3 Å². The number of carboxylic acid groups (broad SMARTS) is 2. The average molecular weight is 1120 g/mol. The fourth-order valence-corrected chi connectivity index (χ4v) is 7.98. The molecule has 2 unspecified atom stereocenters. The molecule has 25 nitrogen and oxygen atoms in total. The van der Waals surface area contributed by atoms with Gasteiger partial charge in [-0.25, -0.2) is 14.6 Å². The highest BCUT2D eigenvalue weighted by molar-refractivity contribution is 6.03. The van der Waals surface area contributed by atoms with Gasteiger partial charge in [0.25, 0.3) is 0 Å². The number of aliphatic hydroxyl groups is 2. The largest absolute Gasteiger partial charge is 0.480 e. The number of aliphatic hydroxyl groups excluding tert-OH is 2. The summed E-state index contributed by atoms with van der Waals surface area (Å²) >= 11 is 0. The Kier molecular flexibility index (Phi) is 26.4. The number of carbonyl (C=O) groups is 9. The SMILES string of the molecule is CC(O)C(=O)O.C[C@H](N)C(=O)N[C@@H](CC1C=NC=N1)C(=O)NC(=O)[C@H](CCCCN)NC(=O)[C@@H](Cc1ccccc1)NC(=O)[C@H](Cc1c[nH]c2ccccc12)NC(=O)[C@H](C)NC(=O)[C@H](N)Cc1ccc2ccccc2c1.O=C(O)CO. The minimum absolute atomic E-state index is 0.0195. The predicted molar refractivity (Wildman–Crippen MR) is 302 cm³/mol. The number of H-pyrrole nitrogens is 1. The van der Waals surface area contributed by atoms with E-state index >= 15 is 0 Å². The molecule has 0 fully saturated rings. The van der Waals surface area contributed by atoms with E-state index in [4.69, 9.17) is 42.4 Å². The molecular weight excluding hydrogens is 1050 g/mol. The number of hydrogen-bond acceptors (Lipinski definition) is 16. The van der Waals surface area contributed by atoms with Gasteiger partial charge in [0.2, 0.25) is 41.4 Å². The Morgan fingerprint density at radius 2 is 1.21 bits per heavy atom. The van der Waals surface area contributed by atoms with Gasteiger partial charge in [-0.05, 0) is 86.5 Å². The zero-order valence-electron chi connectivity index (χ0n) is 45.1. The number of nitrogens with two attached hydrogens (primary N) is 3. The molecule has 1 aliphatic rings. The van der Waals surface area contributed by atoms with Gasteiger partial charge in [-0.15, -0.1) is 0 Å². The van der Waals surface area contributed by atoms with E-state index in [1.807, 2.05) is 66.7 Å². The van der Waals surface area contributed by atoms with Crippen molar-refractivity contribution in [2.45, 2.75) is 120 Å². The van der Waals surface area contributed by atoms with Crippen molar-refractivity contribution < 1.29 is 63.6 Å². The number of aromatic amines is 1. The van der Waals surface area contributed by atoms with Crippen LogP contribution in [0.5, 0.6) is 0 Å². The maximum absolute atomic E-state index is 14.6. The zero-order chi connectivity index (χ0) is 59.6. The third-order valence-corrected chi connectivity index (χ3v) is 12.4. The highest BCUT2D eigenvalue weighted by Crippen LogP contribution is 2.20. The first kappa shape index (κ1) is 64.8. The number of aliphatic carboxylic acids is 2.